The number of rotatable bonds is 8. The highest BCUT2D eigenvalue weighted by molar-refractivity contribution is 5.88. The fourth-order valence-corrected chi connectivity index (χ4v) is 3.85. The van der Waals surface area contributed by atoms with Crippen molar-refractivity contribution in [2.24, 2.45) is 11.8 Å². The van der Waals surface area contributed by atoms with E-state index in [1.54, 1.807) is 6.20 Å². The van der Waals surface area contributed by atoms with Crippen LogP contribution in [0.15, 0.2) is 48.8 Å². The lowest BCUT2D eigenvalue weighted by molar-refractivity contribution is -0.122. The molecule has 0 bridgehead atoms. The van der Waals surface area contributed by atoms with Gasteiger partial charge in [0.1, 0.15) is 5.75 Å². The second kappa shape index (κ2) is 7.30. The molecule has 5 nitrogen and oxygen atoms in total. The van der Waals surface area contributed by atoms with E-state index in [1.807, 2.05) is 18.3 Å². The zero-order valence-corrected chi connectivity index (χ0v) is 15.9. The lowest BCUT2D eigenvalue weighted by atomic mass is 10.0. The summed E-state index contributed by atoms with van der Waals surface area (Å²) in [6.45, 7) is 1.42. The molecule has 2 fully saturated rings. The molecule has 2 aliphatic rings. The number of aromatic nitrogens is 2. The van der Waals surface area contributed by atoms with E-state index in [4.69, 9.17) is 4.74 Å². The molecule has 2 N–H and O–H groups in total. The molecule has 2 atom stereocenters. The van der Waals surface area contributed by atoms with Crippen LogP contribution in [-0.4, -0.2) is 29.0 Å². The molecular weight excluding hydrogens is 350 g/mol. The topological polar surface area (TPSA) is 67.0 Å². The van der Waals surface area contributed by atoms with Crippen LogP contribution in [0.1, 0.15) is 36.4 Å². The highest BCUT2D eigenvalue weighted by atomic mass is 16.5. The molecule has 0 radical (unpaired) electrons. The Hall–Kier alpha value is -2.82. The zero-order valence-electron chi connectivity index (χ0n) is 15.9. The van der Waals surface area contributed by atoms with Crippen molar-refractivity contribution >= 4 is 16.8 Å². The normalized spacial score (nSPS) is 20.9. The number of fused-ring (bicyclic) bond motifs is 1. The van der Waals surface area contributed by atoms with Gasteiger partial charge in [0.25, 0.3) is 0 Å². The van der Waals surface area contributed by atoms with Crippen LogP contribution in [0.5, 0.6) is 5.75 Å². The van der Waals surface area contributed by atoms with E-state index in [1.165, 1.54) is 23.8 Å². The molecule has 3 aromatic rings. The zero-order chi connectivity index (χ0) is 18.9. The van der Waals surface area contributed by atoms with Crippen LogP contribution in [0.25, 0.3) is 10.9 Å². The van der Waals surface area contributed by atoms with Crippen molar-refractivity contribution in [2.45, 2.75) is 31.6 Å². The summed E-state index contributed by atoms with van der Waals surface area (Å²) in [5.41, 5.74) is 3.39. The number of hydrogen-bond acceptors (Lipinski definition) is 3. The van der Waals surface area contributed by atoms with Crippen molar-refractivity contribution in [3.05, 3.63) is 60.0 Å². The van der Waals surface area contributed by atoms with Gasteiger partial charge >= 0.3 is 0 Å². The number of carbonyl (C=O) groups is 1. The molecule has 1 amide bonds. The van der Waals surface area contributed by atoms with E-state index >= 15 is 0 Å². The van der Waals surface area contributed by atoms with Gasteiger partial charge in [-0.25, -0.2) is 0 Å². The van der Waals surface area contributed by atoms with Gasteiger partial charge in [-0.05, 0) is 60.9 Å². The molecule has 2 heterocycles. The Kier molecular flexibility index (Phi) is 4.51. The molecule has 5 rings (SSSR count). The molecular formula is C23H25N3O2. The number of nitrogens with zero attached hydrogens (tertiary/aromatic N) is 1. The van der Waals surface area contributed by atoms with Crippen molar-refractivity contribution in [2.75, 3.05) is 13.2 Å². The minimum Gasteiger partial charge on any atom is -0.492 e. The number of aromatic amines is 1. The van der Waals surface area contributed by atoms with Crippen molar-refractivity contribution in [3.63, 3.8) is 0 Å². The molecule has 1 aromatic carbocycles. The molecule has 0 aliphatic heterocycles. The van der Waals surface area contributed by atoms with Gasteiger partial charge in [-0.15, -0.1) is 0 Å². The first-order valence-electron chi connectivity index (χ1n) is 10.2. The van der Waals surface area contributed by atoms with Gasteiger partial charge in [-0.3, -0.25) is 9.78 Å². The third kappa shape index (κ3) is 3.75. The molecule has 144 valence electrons. The summed E-state index contributed by atoms with van der Waals surface area (Å²) >= 11 is 0. The van der Waals surface area contributed by atoms with Gasteiger partial charge in [0.05, 0.1) is 12.8 Å². The standard InChI is InChI=1S/C23H25N3O2/c27-23(21-12-20(21)18-2-1-3-22-19(18)9-11-24-22)25-10-8-16-6-7-17(13-26-16)28-14-15-4-5-15/h1-3,6-7,9,11,13,15,20-21,24H,4-5,8,10,12,14H2,(H,25,27). The second-order valence-corrected chi connectivity index (χ2v) is 8.02. The van der Waals surface area contributed by atoms with Crippen LogP contribution in [0.3, 0.4) is 0 Å². The Labute approximate surface area is 164 Å². The van der Waals surface area contributed by atoms with E-state index in [2.05, 4.69) is 39.6 Å². The second-order valence-electron chi connectivity index (χ2n) is 8.02. The predicted molar refractivity (Wildman–Crippen MR) is 108 cm³/mol. The van der Waals surface area contributed by atoms with E-state index in [-0.39, 0.29) is 11.8 Å². The summed E-state index contributed by atoms with van der Waals surface area (Å²) in [7, 11) is 0. The molecule has 2 saturated carbocycles. The number of H-pyrrole nitrogens is 1. The molecule has 2 unspecified atom stereocenters. The minimum absolute atomic E-state index is 0.0895. The molecule has 5 heteroatoms. The molecule has 0 spiro atoms. The maximum absolute atomic E-state index is 12.5. The van der Waals surface area contributed by atoms with Crippen molar-refractivity contribution < 1.29 is 9.53 Å². The number of nitrogens with one attached hydrogen (secondary N) is 2. The van der Waals surface area contributed by atoms with E-state index in [0.29, 0.717) is 12.5 Å². The van der Waals surface area contributed by atoms with Crippen LogP contribution in [-0.2, 0) is 11.2 Å². The maximum atomic E-state index is 12.5. The Morgan fingerprint density at radius 2 is 2.14 bits per heavy atom. The third-order valence-electron chi connectivity index (χ3n) is 5.82. The van der Waals surface area contributed by atoms with Crippen LogP contribution < -0.4 is 10.1 Å². The summed E-state index contributed by atoms with van der Waals surface area (Å²) in [5.74, 6) is 2.15. The maximum Gasteiger partial charge on any atom is 0.223 e. The average Bonchev–Trinajstić information content (AvgIpc) is 3.64. The monoisotopic (exact) mass is 375 g/mol. The number of ether oxygens (including phenoxy) is 1. The van der Waals surface area contributed by atoms with Crippen molar-refractivity contribution in [1.82, 2.24) is 15.3 Å². The highest BCUT2D eigenvalue weighted by Crippen LogP contribution is 2.49. The van der Waals surface area contributed by atoms with Gasteiger partial charge in [0.2, 0.25) is 5.91 Å². The molecule has 2 aromatic heterocycles. The van der Waals surface area contributed by atoms with Crippen LogP contribution in [0.4, 0.5) is 0 Å². The van der Waals surface area contributed by atoms with Gasteiger partial charge in [0, 0.05) is 41.7 Å². The van der Waals surface area contributed by atoms with Gasteiger partial charge < -0.3 is 15.0 Å². The Balaban J connectivity index is 1.10. The number of benzene rings is 1. The Morgan fingerprint density at radius 1 is 1.21 bits per heavy atom. The average molecular weight is 375 g/mol. The summed E-state index contributed by atoms with van der Waals surface area (Å²) < 4.78 is 5.71. The van der Waals surface area contributed by atoms with Gasteiger partial charge in [-0.2, -0.15) is 0 Å². The SMILES string of the molecule is O=C(NCCc1ccc(OCC2CC2)cn1)C1CC1c1cccc2[nH]ccc12. The van der Waals surface area contributed by atoms with Crippen molar-refractivity contribution in [1.29, 1.82) is 0 Å². The lowest BCUT2D eigenvalue weighted by Crippen LogP contribution is -2.27. The first kappa shape index (κ1) is 17.3. The molecule has 2 aliphatic carbocycles. The van der Waals surface area contributed by atoms with E-state index < -0.39 is 0 Å². The number of hydrogen-bond donors (Lipinski definition) is 2. The highest BCUT2D eigenvalue weighted by Gasteiger charge is 2.44. The Bertz CT molecular complexity index is 975. The largest absolute Gasteiger partial charge is 0.492 e. The lowest BCUT2D eigenvalue weighted by Gasteiger charge is -2.07. The Morgan fingerprint density at radius 3 is 2.96 bits per heavy atom. The smallest absolute Gasteiger partial charge is 0.223 e. The summed E-state index contributed by atoms with van der Waals surface area (Å²) in [5, 5.41) is 4.31. The predicted octanol–water partition coefficient (Wildman–Crippen LogP) is 3.81. The fraction of sp³-hybridized carbons (Fsp3) is 0.391. The number of carbonyl (C=O) groups excluding carboxylic acids is 1. The molecule has 0 saturated heterocycles. The summed E-state index contributed by atoms with van der Waals surface area (Å²) in [6.07, 6.45) is 7.98. The summed E-state index contributed by atoms with van der Waals surface area (Å²) in [4.78, 5) is 20.2. The number of pyridine rings is 1. The fourth-order valence-electron chi connectivity index (χ4n) is 3.85. The number of amides is 1. The quantitative estimate of drug-likeness (QED) is 0.629. The van der Waals surface area contributed by atoms with Gasteiger partial charge in [0.15, 0.2) is 0 Å². The first-order valence-corrected chi connectivity index (χ1v) is 10.2. The van der Waals surface area contributed by atoms with Crippen LogP contribution in [0, 0.1) is 11.8 Å². The van der Waals surface area contributed by atoms with Crippen LogP contribution in [0.2, 0.25) is 0 Å². The van der Waals surface area contributed by atoms with Crippen molar-refractivity contribution in [3.8, 4) is 5.75 Å². The minimum atomic E-state index is 0.0895. The van der Waals surface area contributed by atoms with Crippen LogP contribution >= 0.6 is 0 Å². The third-order valence-corrected chi connectivity index (χ3v) is 5.82. The summed E-state index contributed by atoms with van der Waals surface area (Å²) in [6, 6.07) is 12.3. The van der Waals surface area contributed by atoms with Gasteiger partial charge in [-0.1, -0.05) is 12.1 Å². The van der Waals surface area contributed by atoms with E-state index in [9.17, 15) is 4.79 Å². The molecule has 28 heavy (non-hydrogen) atoms. The first-order chi connectivity index (χ1) is 13.8. The van der Waals surface area contributed by atoms with E-state index in [0.717, 1.165) is 42.3 Å².